The van der Waals surface area contributed by atoms with Crippen LogP contribution in [-0.2, 0) is 4.79 Å². The van der Waals surface area contributed by atoms with Crippen LogP contribution in [0, 0.1) is 10.1 Å². The average Bonchev–Trinajstić information content (AvgIpc) is 2.64. The third-order valence-electron chi connectivity index (χ3n) is 3.80. The molecule has 0 fully saturated rings. The highest BCUT2D eigenvalue weighted by molar-refractivity contribution is 9.10. The number of amides is 1. The molecule has 0 atom stereocenters. The topological polar surface area (TPSA) is 93.8 Å². The number of hydrogen-bond donors (Lipinski definition) is 1. The molecule has 0 bridgehead atoms. The van der Waals surface area contributed by atoms with E-state index in [9.17, 15) is 14.9 Å². The second-order valence-electron chi connectivity index (χ2n) is 6.17. The van der Waals surface area contributed by atoms with Gasteiger partial charge in [0.05, 0.1) is 15.1 Å². The number of nitro groups is 1. The molecule has 0 saturated heterocycles. The van der Waals surface area contributed by atoms with Crippen LogP contribution in [0.15, 0.2) is 52.0 Å². The normalized spacial score (nSPS) is 11.4. The molecule has 142 valence electrons. The highest BCUT2D eigenvalue weighted by Crippen LogP contribution is 2.28. The fourth-order valence-electron chi connectivity index (χ4n) is 2.22. The van der Waals surface area contributed by atoms with Gasteiger partial charge in [0.15, 0.2) is 6.61 Å². The van der Waals surface area contributed by atoms with E-state index in [2.05, 4.69) is 40.3 Å². The number of hydrogen-bond acceptors (Lipinski definition) is 5. The maximum absolute atomic E-state index is 11.9. The Kier molecular flexibility index (Phi) is 7.06. The van der Waals surface area contributed by atoms with Crippen molar-refractivity contribution in [1.29, 1.82) is 0 Å². The minimum Gasteiger partial charge on any atom is -0.483 e. The highest BCUT2D eigenvalue weighted by Gasteiger charge is 2.10. The molecule has 0 aliphatic rings. The molecule has 2 rings (SSSR count). The van der Waals surface area contributed by atoms with Crippen LogP contribution in [0.1, 0.15) is 37.8 Å². The van der Waals surface area contributed by atoms with E-state index >= 15 is 0 Å². The quantitative estimate of drug-likeness (QED) is 0.397. The first-order chi connectivity index (χ1) is 12.8. The van der Waals surface area contributed by atoms with Gasteiger partial charge in [-0.05, 0) is 46.5 Å². The van der Waals surface area contributed by atoms with Gasteiger partial charge in [-0.1, -0.05) is 32.0 Å². The molecule has 0 aliphatic carbocycles. The lowest BCUT2D eigenvalue weighted by Gasteiger charge is -2.11. The van der Waals surface area contributed by atoms with Gasteiger partial charge in [0.1, 0.15) is 5.75 Å². The molecule has 8 heteroatoms. The van der Waals surface area contributed by atoms with Crippen molar-refractivity contribution < 1.29 is 14.5 Å². The van der Waals surface area contributed by atoms with Crippen LogP contribution in [0.2, 0.25) is 0 Å². The van der Waals surface area contributed by atoms with Crippen LogP contribution >= 0.6 is 15.9 Å². The molecular weight excluding hydrogens is 414 g/mol. The Labute approximate surface area is 165 Å². The fraction of sp³-hybridized carbons (Fsp3) is 0.263. The Morgan fingerprint density at radius 3 is 2.67 bits per heavy atom. The first-order valence-electron chi connectivity index (χ1n) is 8.28. The van der Waals surface area contributed by atoms with Crippen molar-refractivity contribution in [2.75, 3.05) is 6.61 Å². The summed E-state index contributed by atoms with van der Waals surface area (Å²) in [6.45, 7) is 5.64. The average molecular weight is 434 g/mol. The first-order valence-corrected chi connectivity index (χ1v) is 9.07. The number of carbonyl (C=O) groups excluding carboxylic acids is 1. The number of nitrogens with zero attached hydrogens (tertiary/aromatic N) is 2. The number of nitrogens with one attached hydrogen (secondary N) is 1. The second kappa shape index (κ2) is 9.27. The van der Waals surface area contributed by atoms with E-state index in [4.69, 9.17) is 4.74 Å². The fourth-order valence-corrected chi connectivity index (χ4v) is 2.74. The van der Waals surface area contributed by atoms with E-state index in [1.54, 1.807) is 19.1 Å². The van der Waals surface area contributed by atoms with Crippen molar-refractivity contribution in [3.8, 4) is 5.75 Å². The van der Waals surface area contributed by atoms with Crippen LogP contribution in [0.3, 0.4) is 0 Å². The predicted octanol–water partition coefficient (Wildman–Crippen LogP) is 4.40. The molecule has 0 spiro atoms. The van der Waals surface area contributed by atoms with Gasteiger partial charge in [-0.15, -0.1) is 0 Å². The summed E-state index contributed by atoms with van der Waals surface area (Å²) in [7, 11) is 0. The number of rotatable bonds is 7. The molecule has 1 N–H and O–H groups in total. The third-order valence-corrected chi connectivity index (χ3v) is 4.42. The summed E-state index contributed by atoms with van der Waals surface area (Å²) in [4.78, 5) is 22.3. The van der Waals surface area contributed by atoms with Crippen molar-refractivity contribution >= 4 is 33.2 Å². The summed E-state index contributed by atoms with van der Waals surface area (Å²) in [5.74, 6) is 0.526. The Bertz CT molecular complexity index is 881. The maximum Gasteiger partial charge on any atom is 0.277 e. The molecule has 0 saturated carbocycles. The smallest absolute Gasteiger partial charge is 0.277 e. The zero-order valence-electron chi connectivity index (χ0n) is 15.2. The molecule has 1 amide bonds. The van der Waals surface area contributed by atoms with Crippen LogP contribution in [0.25, 0.3) is 0 Å². The van der Waals surface area contributed by atoms with Crippen molar-refractivity contribution in [3.63, 3.8) is 0 Å². The Balaban J connectivity index is 1.95. The van der Waals surface area contributed by atoms with Gasteiger partial charge < -0.3 is 4.74 Å². The summed E-state index contributed by atoms with van der Waals surface area (Å²) >= 11 is 3.44. The number of carbonyl (C=O) groups is 1. The standard InChI is InChI=1S/C19H20BrN3O4/c1-12(2)14-7-8-18(17(20)10-14)27-11-19(24)22-21-13(3)15-5-4-6-16(9-15)23(25)26/h4-10,12H,11H2,1-3H3,(H,22,24)/b21-13+. The zero-order valence-corrected chi connectivity index (χ0v) is 16.8. The Morgan fingerprint density at radius 1 is 1.30 bits per heavy atom. The molecule has 0 unspecified atom stereocenters. The molecule has 0 radical (unpaired) electrons. The lowest BCUT2D eigenvalue weighted by Crippen LogP contribution is -2.25. The van der Waals surface area contributed by atoms with Gasteiger partial charge in [0, 0.05) is 17.7 Å². The monoisotopic (exact) mass is 433 g/mol. The minimum atomic E-state index is -0.481. The summed E-state index contributed by atoms with van der Waals surface area (Å²) in [6, 6.07) is 11.8. The number of ether oxygens (including phenoxy) is 1. The summed E-state index contributed by atoms with van der Waals surface area (Å²) < 4.78 is 6.28. The first kappa shape index (κ1) is 20.6. The summed E-state index contributed by atoms with van der Waals surface area (Å²) in [5.41, 5.74) is 4.52. The molecule has 2 aromatic rings. The molecule has 27 heavy (non-hydrogen) atoms. The SMILES string of the molecule is C/C(=N\NC(=O)COc1ccc(C(C)C)cc1Br)c1cccc([N+](=O)[O-])c1. The lowest BCUT2D eigenvalue weighted by molar-refractivity contribution is -0.384. The summed E-state index contributed by atoms with van der Waals surface area (Å²) in [5, 5.41) is 14.8. The van der Waals surface area contributed by atoms with Gasteiger partial charge in [-0.3, -0.25) is 14.9 Å². The number of benzene rings is 2. The van der Waals surface area contributed by atoms with E-state index in [1.165, 1.54) is 12.1 Å². The number of hydrazone groups is 1. The van der Waals surface area contributed by atoms with Crippen LogP contribution in [0.4, 0.5) is 5.69 Å². The minimum absolute atomic E-state index is 0.0357. The summed E-state index contributed by atoms with van der Waals surface area (Å²) in [6.07, 6.45) is 0. The zero-order chi connectivity index (χ0) is 20.0. The van der Waals surface area contributed by atoms with Gasteiger partial charge in [0.25, 0.3) is 11.6 Å². The van der Waals surface area contributed by atoms with Crippen LogP contribution in [0.5, 0.6) is 5.75 Å². The molecule has 7 nitrogen and oxygen atoms in total. The Hall–Kier alpha value is -2.74. The van der Waals surface area contributed by atoms with Gasteiger partial charge in [0.2, 0.25) is 0 Å². The van der Waals surface area contributed by atoms with E-state index in [0.717, 1.165) is 10.0 Å². The van der Waals surface area contributed by atoms with E-state index in [1.807, 2.05) is 18.2 Å². The van der Waals surface area contributed by atoms with E-state index < -0.39 is 10.8 Å². The number of non-ortho nitro benzene ring substituents is 1. The Morgan fingerprint density at radius 2 is 2.04 bits per heavy atom. The van der Waals surface area contributed by atoms with Crippen molar-refractivity contribution in [2.24, 2.45) is 5.10 Å². The lowest BCUT2D eigenvalue weighted by atomic mass is 10.0. The van der Waals surface area contributed by atoms with E-state index in [0.29, 0.717) is 22.9 Å². The third kappa shape index (κ3) is 5.89. The van der Waals surface area contributed by atoms with Crippen LogP contribution < -0.4 is 10.2 Å². The van der Waals surface area contributed by atoms with Crippen LogP contribution in [-0.4, -0.2) is 23.1 Å². The largest absolute Gasteiger partial charge is 0.483 e. The molecule has 0 heterocycles. The van der Waals surface area contributed by atoms with Gasteiger partial charge in [-0.2, -0.15) is 5.10 Å². The van der Waals surface area contributed by atoms with E-state index in [-0.39, 0.29) is 12.3 Å². The molecule has 2 aromatic carbocycles. The number of halogens is 1. The molecule has 0 aliphatic heterocycles. The van der Waals surface area contributed by atoms with Crippen molar-refractivity contribution in [2.45, 2.75) is 26.7 Å². The number of nitro benzene ring substituents is 1. The van der Waals surface area contributed by atoms with Gasteiger partial charge >= 0.3 is 0 Å². The molecular formula is C19H20BrN3O4. The van der Waals surface area contributed by atoms with Crippen molar-refractivity contribution in [1.82, 2.24) is 5.43 Å². The predicted molar refractivity (Wildman–Crippen MR) is 107 cm³/mol. The van der Waals surface area contributed by atoms with Crippen molar-refractivity contribution in [3.05, 3.63) is 68.2 Å². The second-order valence-corrected chi connectivity index (χ2v) is 7.03. The maximum atomic E-state index is 11.9. The molecule has 0 aromatic heterocycles. The highest BCUT2D eigenvalue weighted by atomic mass is 79.9. The van der Waals surface area contributed by atoms with Gasteiger partial charge in [-0.25, -0.2) is 5.43 Å².